The van der Waals surface area contributed by atoms with Crippen LogP contribution in [0.3, 0.4) is 0 Å². The molecule has 1 heterocycles. The molecule has 0 saturated heterocycles. The fraction of sp³-hybridized carbons (Fsp3) is 0.0625. The topological polar surface area (TPSA) is 68.0 Å². The number of carboxylic acids is 1. The third-order valence-corrected chi connectivity index (χ3v) is 3.45. The minimum atomic E-state index is -1.12. The van der Waals surface area contributed by atoms with Crippen molar-refractivity contribution < 1.29 is 9.90 Å². The Morgan fingerprint density at radius 3 is 2.59 bits per heavy atom. The second-order valence-electron chi connectivity index (χ2n) is 4.75. The fourth-order valence-corrected chi connectivity index (χ4v) is 2.44. The zero-order valence-electron chi connectivity index (χ0n) is 11.5. The summed E-state index contributed by atoms with van der Waals surface area (Å²) >= 11 is 6.01. The van der Waals surface area contributed by atoms with Gasteiger partial charge in [0, 0.05) is 10.6 Å². The van der Waals surface area contributed by atoms with Gasteiger partial charge in [-0.2, -0.15) is 0 Å². The van der Waals surface area contributed by atoms with E-state index in [2.05, 4.69) is 10.3 Å². The van der Waals surface area contributed by atoms with Crippen molar-refractivity contribution in [1.82, 2.24) is 15.0 Å². The molecule has 0 spiro atoms. The van der Waals surface area contributed by atoms with Crippen LogP contribution in [0.2, 0.25) is 5.02 Å². The molecule has 0 unspecified atom stereocenters. The number of carboxylic acid groups (broad SMARTS) is 1. The van der Waals surface area contributed by atoms with Gasteiger partial charge in [0.2, 0.25) is 0 Å². The first-order valence-corrected chi connectivity index (χ1v) is 6.99. The zero-order chi connectivity index (χ0) is 15.5. The molecule has 0 bridgehead atoms. The van der Waals surface area contributed by atoms with E-state index in [0.717, 1.165) is 5.56 Å². The van der Waals surface area contributed by atoms with Crippen molar-refractivity contribution in [1.29, 1.82) is 0 Å². The number of rotatable bonds is 4. The lowest BCUT2D eigenvalue weighted by atomic mass is 10.1. The van der Waals surface area contributed by atoms with Gasteiger partial charge >= 0.3 is 5.97 Å². The van der Waals surface area contributed by atoms with E-state index < -0.39 is 5.97 Å². The van der Waals surface area contributed by atoms with Crippen LogP contribution in [0.1, 0.15) is 16.1 Å². The highest BCUT2D eigenvalue weighted by molar-refractivity contribution is 6.30. The van der Waals surface area contributed by atoms with Crippen molar-refractivity contribution in [2.24, 2.45) is 0 Å². The van der Waals surface area contributed by atoms with E-state index >= 15 is 0 Å². The Balaban J connectivity index is 2.10. The van der Waals surface area contributed by atoms with Crippen LogP contribution in [-0.4, -0.2) is 26.1 Å². The average molecular weight is 314 g/mol. The Bertz CT molecular complexity index is 815. The number of nitrogens with zero attached hydrogens (tertiary/aromatic N) is 3. The number of carbonyl (C=O) groups is 1. The molecule has 1 aromatic heterocycles. The molecule has 0 radical (unpaired) electrons. The first-order chi connectivity index (χ1) is 10.6. The van der Waals surface area contributed by atoms with Gasteiger partial charge in [0.1, 0.15) is 5.69 Å². The minimum Gasteiger partial charge on any atom is -0.476 e. The second kappa shape index (κ2) is 5.99. The van der Waals surface area contributed by atoms with Crippen LogP contribution < -0.4 is 0 Å². The third-order valence-electron chi connectivity index (χ3n) is 3.21. The molecule has 0 aliphatic carbocycles. The summed E-state index contributed by atoms with van der Waals surface area (Å²) in [6, 6.07) is 16.7. The first kappa shape index (κ1) is 14.3. The molecule has 3 aromatic rings. The fourth-order valence-electron chi connectivity index (χ4n) is 2.25. The van der Waals surface area contributed by atoms with Crippen LogP contribution in [0.25, 0.3) is 11.3 Å². The van der Waals surface area contributed by atoms with Crippen LogP contribution >= 0.6 is 11.6 Å². The van der Waals surface area contributed by atoms with Gasteiger partial charge in [-0.25, -0.2) is 9.48 Å². The molecule has 3 rings (SSSR count). The molecular formula is C16H12ClN3O2. The van der Waals surface area contributed by atoms with E-state index in [1.54, 1.807) is 28.9 Å². The van der Waals surface area contributed by atoms with Gasteiger partial charge in [0.05, 0.1) is 6.54 Å². The molecule has 0 amide bonds. The maximum atomic E-state index is 11.4. The van der Waals surface area contributed by atoms with Crippen LogP contribution in [0.5, 0.6) is 0 Å². The molecule has 6 heteroatoms. The van der Waals surface area contributed by atoms with E-state index in [1.807, 2.05) is 30.3 Å². The van der Waals surface area contributed by atoms with Crippen LogP contribution in [0.4, 0.5) is 0 Å². The van der Waals surface area contributed by atoms with Crippen molar-refractivity contribution in [2.45, 2.75) is 6.54 Å². The minimum absolute atomic E-state index is 0.0850. The van der Waals surface area contributed by atoms with E-state index in [-0.39, 0.29) is 5.69 Å². The molecule has 0 aliphatic rings. The van der Waals surface area contributed by atoms with E-state index in [9.17, 15) is 9.90 Å². The molecule has 0 saturated carbocycles. The lowest BCUT2D eigenvalue weighted by Crippen LogP contribution is -2.06. The number of aromatic nitrogens is 3. The SMILES string of the molecule is O=C(O)c1nnn(Cc2ccccc2)c1-c1cccc(Cl)c1. The molecule has 5 nitrogen and oxygen atoms in total. The van der Waals surface area contributed by atoms with E-state index in [4.69, 9.17) is 11.6 Å². The highest BCUT2D eigenvalue weighted by Crippen LogP contribution is 2.25. The number of aromatic carboxylic acids is 1. The maximum Gasteiger partial charge on any atom is 0.358 e. The summed E-state index contributed by atoms with van der Waals surface area (Å²) in [5.41, 5.74) is 2.04. The van der Waals surface area contributed by atoms with Gasteiger partial charge in [-0.15, -0.1) is 5.10 Å². The van der Waals surface area contributed by atoms with Gasteiger partial charge in [-0.3, -0.25) is 0 Å². The summed E-state index contributed by atoms with van der Waals surface area (Å²) in [5, 5.41) is 17.6. The quantitative estimate of drug-likeness (QED) is 0.802. The number of hydrogen-bond acceptors (Lipinski definition) is 3. The predicted molar refractivity (Wildman–Crippen MR) is 83.0 cm³/mol. The van der Waals surface area contributed by atoms with Crippen molar-refractivity contribution in [3.05, 3.63) is 70.9 Å². The van der Waals surface area contributed by atoms with Crippen molar-refractivity contribution >= 4 is 17.6 Å². The van der Waals surface area contributed by atoms with Gasteiger partial charge in [-0.05, 0) is 17.7 Å². The average Bonchev–Trinajstić information content (AvgIpc) is 2.92. The lowest BCUT2D eigenvalue weighted by Gasteiger charge is -2.08. The van der Waals surface area contributed by atoms with Gasteiger partial charge in [-0.1, -0.05) is 59.3 Å². The largest absolute Gasteiger partial charge is 0.476 e. The summed E-state index contributed by atoms with van der Waals surface area (Å²) in [5.74, 6) is -1.12. The number of benzene rings is 2. The van der Waals surface area contributed by atoms with Crippen LogP contribution in [0.15, 0.2) is 54.6 Å². The monoisotopic (exact) mass is 313 g/mol. The molecule has 0 atom stereocenters. The Hall–Kier alpha value is -2.66. The molecule has 2 aromatic carbocycles. The summed E-state index contributed by atoms with van der Waals surface area (Å²) in [6.45, 7) is 0.433. The Morgan fingerprint density at radius 2 is 1.91 bits per heavy atom. The van der Waals surface area contributed by atoms with Crippen molar-refractivity contribution in [3.63, 3.8) is 0 Å². The molecule has 22 heavy (non-hydrogen) atoms. The summed E-state index contributed by atoms with van der Waals surface area (Å²) in [4.78, 5) is 11.4. The Morgan fingerprint density at radius 1 is 1.14 bits per heavy atom. The maximum absolute atomic E-state index is 11.4. The highest BCUT2D eigenvalue weighted by atomic mass is 35.5. The molecule has 110 valence electrons. The lowest BCUT2D eigenvalue weighted by molar-refractivity contribution is 0.0691. The standard InChI is InChI=1S/C16H12ClN3O2/c17-13-8-4-7-12(9-13)15-14(16(21)22)18-19-20(15)10-11-5-2-1-3-6-11/h1-9H,10H2,(H,21,22). The normalized spacial score (nSPS) is 10.6. The first-order valence-electron chi connectivity index (χ1n) is 6.62. The van der Waals surface area contributed by atoms with Gasteiger partial charge in [0.25, 0.3) is 0 Å². The van der Waals surface area contributed by atoms with E-state index in [0.29, 0.717) is 22.8 Å². The summed E-state index contributed by atoms with van der Waals surface area (Å²) in [6.07, 6.45) is 0. The Labute approximate surface area is 131 Å². The summed E-state index contributed by atoms with van der Waals surface area (Å²) < 4.78 is 1.57. The zero-order valence-corrected chi connectivity index (χ0v) is 12.2. The molecule has 1 N–H and O–H groups in total. The van der Waals surface area contributed by atoms with Crippen LogP contribution in [0, 0.1) is 0 Å². The molecular weight excluding hydrogens is 302 g/mol. The molecule has 0 aliphatic heterocycles. The third kappa shape index (κ3) is 2.84. The van der Waals surface area contributed by atoms with Gasteiger partial charge < -0.3 is 5.11 Å². The number of halogens is 1. The van der Waals surface area contributed by atoms with Crippen molar-refractivity contribution in [2.75, 3.05) is 0 Å². The predicted octanol–water partition coefficient (Wildman–Crippen LogP) is 3.35. The highest BCUT2D eigenvalue weighted by Gasteiger charge is 2.20. The number of hydrogen-bond donors (Lipinski definition) is 1. The Kier molecular flexibility index (Phi) is 3.89. The second-order valence-corrected chi connectivity index (χ2v) is 5.18. The summed E-state index contributed by atoms with van der Waals surface area (Å²) in [7, 11) is 0. The van der Waals surface area contributed by atoms with Gasteiger partial charge in [0.15, 0.2) is 5.69 Å². The molecule has 0 fully saturated rings. The van der Waals surface area contributed by atoms with E-state index in [1.165, 1.54) is 0 Å². The van der Waals surface area contributed by atoms with Crippen molar-refractivity contribution in [3.8, 4) is 11.3 Å². The smallest absolute Gasteiger partial charge is 0.358 e. The van der Waals surface area contributed by atoms with Crippen LogP contribution in [-0.2, 0) is 6.54 Å².